The SMILES string of the molecule is CO/C(N)=C(/C=C(/C)N)CN/C=C(\C=N)[N+](=O)[O-]. The van der Waals surface area contributed by atoms with Crippen molar-refractivity contribution in [3.05, 3.63) is 45.2 Å². The molecular formula is C10H17N5O3. The van der Waals surface area contributed by atoms with Crippen molar-refractivity contribution in [2.75, 3.05) is 13.7 Å². The highest BCUT2D eigenvalue weighted by atomic mass is 16.6. The molecule has 8 heteroatoms. The van der Waals surface area contributed by atoms with Crippen molar-refractivity contribution in [3.8, 4) is 0 Å². The summed E-state index contributed by atoms with van der Waals surface area (Å²) in [6.07, 6.45) is 3.34. The van der Waals surface area contributed by atoms with E-state index in [0.29, 0.717) is 17.5 Å². The van der Waals surface area contributed by atoms with E-state index < -0.39 is 4.92 Å². The average molecular weight is 255 g/mol. The maximum atomic E-state index is 10.4. The summed E-state index contributed by atoms with van der Waals surface area (Å²) in [5, 5.41) is 19.9. The maximum Gasteiger partial charge on any atom is 0.302 e. The molecule has 0 saturated carbocycles. The molecule has 0 aromatic heterocycles. The van der Waals surface area contributed by atoms with Gasteiger partial charge in [-0.25, -0.2) is 0 Å². The maximum absolute atomic E-state index is 10.4. The molecule has 0 aliphatic rings. The molecule has 0 aliphatic heterocycles. The fourth-order valence-corrected chi connectivity index (χ4v) is 1.03. The predicted molar refractivity (Wildman–Crippen MR) is 68.0 cm³/mol. The van der Waals surface area contributed by atoms with Crippen molar-refractivity contribution in [2.24, 2.45) is 11.5 Å². The third-order valence-corrected chi connectivity index (χ3v) is 1.84. The lowest BCUT2D eigenvalue weighted by molar-refractivity contribution is -0.414. The zero-order valence-corrected chi connectivity index (χ0v) is 10.3. The monoisotopic (exact) mass is 255 g/mol. The third-order valence-electron chi connectivity index (χ3n) is 1.84. The van der Waals surface area contributed by atoms with Gasteiger partial charge in [0.1, 0.15) is 0 Å². The van der Waals surface area contributed by atoms with E-state index in [2.05, 4.69) is 5.32 Å². The molecule has 0 fully saturated rings. The Kier molecular flexibility index (Phi) is 6.64. The number of hydrogen-bond donors (Lipinski definition) is 4. The van der Waals surface area contributed by atoms with E-state index in [9.17, 15) is 10.1 Å². The molecule has 0 unspecified atom stereocenters. The highest BCUT2D eigenvalue weighted by Crippen LogP contribution is 2.03. The molecule has 0 saturated heterocycles. The molecule has 0 heterocycles. The lowest BCUT2D eigenvalue weighted by atomic mass is 10.2. The van der Waals surface area contributed by atoms with Crippen LogP contribution in [0.15, 0.2) is 35.1 Å². The van der Waals surface area contributed by atoms with Crippen molar-refractivity contribution in [1.29, 1.82) is 5.41 Å². The van der Waals surface area contributed by atoms with Crippen molar-refractivity contribution in [3.63, 3.8) is 0 Å². The quantitative estimate of drug-likeness (QED) is 0.166. The van der Waals surface area contributed by atoms with Gasteiger partial charge in [0.15, 0.2) is 5.88 Å². The Hall–Kier alpha value is -2.51. The Labute approximate surface area is 105 Å². The lowest BCUT2D eigenvalue weighted by Crippen LogP contribution is -2.17. The Morgan fingerprint density at radius 1 is 1.56 bits per heavy atom. The number of nitro groups is 1. The third kappa shape index (κ3) is 5.54. The van der Waals surface area contributed by atoms with Gasteiger partial charge in [0.25, 0.3) is 0 Å². The first-order valence-electron chi connectivity index (χ1n) is 4.97. The Balaban J connectivity index is 4.80. The minimum absolute atomic E-state index is 0.165. The summed E-state index contributed by atoms with van der Waals surface area (Å²) in [4.78, 5) is 9.75. The van der Waals surface area contributed by atoms with Crippen LogP contribution in [0.4, 0.5) is 0 Å². The number of allylic oxidation sites excluding steroid dienone is 2. The van der Waals surface area contributed by atoms with Gasteiger partial charge in [0, 0.05) is 17.8 Å². The molecule has 0 atom stereocenters. The van der Waals surface area contributed by atoms with Crippen molar-refractivity contribution >= 4 is 6.21 Å². The molecule has 0 spiro atoms. The summed E-state index contributed by atoms with van der Waals surface area (Å²) in [6, 6.07) is 0. The minimum Gasteiger partial charge on any atom is -0.482 e. The minimum atomic E-state index is -0.674. The van der Waals surface area contributed by atoms with Crippen LogP contribution >= 0.6 is 0 Å². The van der Waals surface area contributed by atoms with Crippen molar-refractivity contribution < 1.29 is 9.66 Å². The van der Waals surface area contributed by atoms with E-state index in [1.807, 2.05) is 0 Å². The number of nitrogens with one attached hydrogen (secondary N) is 2. The first-order chi connectivity index (χ1) is 8.42. The summed E-state index contributed by atoms with van der Waals surface area (Å²) in [6.45, 7) is 1.87. The molecule has 6 N–H and O–H groups in total. The Morgan fingerprint density at radius 2 is 2.17 bits per heavy atom. The van der Waals surface area contributed by atoms with E-state index in [1.165, 1.54) is 7.11 Å². The van der Waals surface area contributed by atoms with Crippen LogP contribution in [0.1, 0.15) is 6.92 Å². The average Bonchev–Trinajstić information content (AvgIpc) is 2.31. The van der Waals surface area contributed by atoms with Gasteiger partial charge in [-0.2, -0.15) is 0 Å². The van der Waals surface area contributed by atoms with Crippen LogP contribution in [-0.4, -0.2) is 24.8 Å². The Bertz CT molecular complexity index is 408. The molecule has 18 heavy (non-hydrogen) atoms. The van der Waals surface area contributed by atoms with Gasteiger partial charge >= 0.3 is 5.70 Å². The zero-order valence-electron chi connectivity index (χ0n) is 10.3. The van der Waals surface area contributed by atoms with Crippen LogP contribution < -0.4 is 16.8 Å². The first-order valence-corrected chi connectivity index (χ1v) is 4.97. The van der Waals surface area contributed by atoms with Gasteiger partial charge < -0.3 is 26.9 Å². The number of methoxy groups -OCH3 is 1. The molecule has 0 aromatic carbocycles. The van der Waals surface area contributed by atoms with Gasteiger partial charge in [0.2, 0.25) is 0 Å². The van der Waals surface area contributed by atoms with Gasteiger partial charge in [0.05, 0.1) is 24.4 Å². The number of nitrogens with two attached hydrogens (primary N) is 2. The highest BCUT2D eigenvalue weighted by molar-refractivity contribution is 5.71. The number of hydrogen-bond acceptors (Lipinski definition) is 7. The second-order valence-electron chi connectivity index (χ2n) is 3.33. The summed E-state index contributed by atoms with van der Waals surface area (Å²) in [5.41, 5.74) is 11.8. The second kappa shape index (κ2) is 7.71. The van der Waals surface area contributed by atoms with Gasteiger partial charge in [-0.3, -0.25) is 10.1 Å². The van der Waals surface area contributed by atoms with Gasteiger partial charge in [-0.1, -0.05) is 0 Å². The van der Waals surface area contributed by atoms with Crippen LogP contribution in [0.25, 0.3) is 0 Å². The van der Waals surface area contributed by atoms with E-state index in [1.54, 1.807) is 13.0 Å². The van der Waals surface area contributed by atoms with Crippen LogP contribution in [0, 0.1) is 15.5 Å². The standard InChI is InChI=1S/C10H17N5O3/c1-7(12)3-8(10(13)18-2)5-14-6-9(4-11)15(16)17/h3-4,6,11,14H,5,12-13H2,1-2H3/b7-3-,9-6+,10-8-,11-4?. The summed E-state index contributed by atoms with van der Waals surface area (Å²) in [7, 11) is 1.41. The summed E-state index contributed by atoms with van der Waals surface area (Å²) >= 11 is 0. The van der Waals surface area contributed by atoms with Gasteiger partial charge in [-0.05, 0) is 13.0 Å². The number of rotatable bonds is 7. The fraction of sp³-hybridized carbons (Fsp3) is 0.300. The number of ether oxygens (including phenoxy) is 1. The van der Waals surface area contributed by atoms with Gasteiger partial charge in [-0.15, -0.1) is 0 Å². The molecule has 0 amide bonds. The molecule has 0 aliphatic carbocycles. The molecule has 0 rings (SSSR count). The Morgan fingerprint density at radius 3 is 2.56 bits per heavy atom. The van der Waals surface area contributed by atoms with Crippen molar-refractivity contribution in [1.82, 2.24) is 5.32 Å². The lowest BCUT2D eigenvalue weighted by Gasteiger charge is -2.07. The molecular weight excluding hydrogens is 238 g/mol. The van der Waals surface area contributed by atoms with E-state index in [-0.39, 0.29) is 18.1 Å². The van der Waals surface area contributed by atoms with E-state index in [0.717, 1.165) is 6.20 Å². The number of nitrogens with zero attached hydrogens (tertiary/aromatic N) is 1. The predicted octanol–water partition coefficient (Wildman–Crippen LogP) is 0.0229. The summed E-state index contributed by atoms with van der Waals surface area (Å²) in [5.74, 6) is 0.165. The van der Waals surface area contributed by atoms with Crippen molar-refractivity contribution in [2.45, 2.75) is 6.92 Å². The first kappa shape index (κ1) is 15.5. The van der Waals surface area contributed by atoms with E-state index in [4.69, 9.17) is 21.6 Å². The van der Waals surface area contributed by atoms with Crippen LogP contribution in [0.2, 0.25) is 0 Å². The topological polar surface area (TPSA) is 140 Å². The van der Waals surface area contributed by atoms with Crippen LogP contribution in [0.3, 0.4) is 0 Å². The molecule has 100 valence electrons. The normalized spacial score (nSPS) is 13.7. The summed E-state index contributed by atoms with van der Waals surface area (Å²) < 4.78 is 4.86. The molecule has 0 bridgehead atoms. The molecule has 0 radical (unpaired) electrons. The van der Waals surface area contributed by atoms with Crippen LogP contribution in [-0.2, 0) is 4.74 Å². The molecule has 8 nitrogen and oxygen atoms in total. The highest BCUT2D eigenvalue weighted by Gasteiger charge is 2.06. The largest absolute Gasteiger partial charge is 0.482 e. The fourth-order valence-electron chi connectivity index (χ4n) is 1.03. The second-order valence-corrected chi connectivity index (χ2v) is 3.33. The van der Waals surface area contributed by atoms with E-state index >= 15 is 0 Å². The molecule has 0 aromatic rings. The smallest absolute Gasteiger partial charge is 0.302 e. The zero-order chi connectivity index (χ0) is 14.1. The van der Waals surface area contributed by atoms with Crippen LogP contribution in [0.5, 0.6) is 0 Å².